The standard InChI is InChI=1S/C22H14N2O/c25-22-18-12-6-7-13-20(18)23-21-17-11-5-4-10-16(17)19(14-24(21)22)15-8-2-1-3-9-15/h1-14H. The summed E-state index contributed by atoms with van der Waals surface area (Å²) in [6.45, 7) is 0. The molecule has 0 unspecified atom stereocenters. The van der Waals surface area contributed by atoms with Crippen LogP contribution in [0.1, 0.15) is 0 Å². The van der Waals surface area contributed by atoms with Crippen LogP contribution in [0, 0.1) is 0 Å². The Balaban J connectivity index is 2.04. The first-order valence-corrected chi connectivity index (χ1v) is 8.21. The molecule has 0 aliphatic rings. The molecule has 2 aromatic heterocycles. The largest absolute Gasteiger partial charge is 0.268 e. The average molecular weight is 322 g/mol. The van der Waals surface area contributed by atoms with Crippen LogP contribution in [0.2, 0.25) is 0 Å². The number of pyridine rings is 1. The summed E-state index contributed by atoms with van der Waals surface area (Å²) in [5.74, 6) is 0. The van der Waals surface area contributed by atoms with Crippen LogP contribution in [0.4, 0.5) is 0 Å². The molecule has 5 aromatic rings. The van der Waals surface area contributed by atoms with Crippen LogP contribution in [0.15, 0.2) is 89.9 Å². The van der Waals surface area contributed by atoms with E-state index in [1.807, 2.05) is 66.9 Å². The number of para-hydroxylation sites is 1. The molecule has 0 atom stereocenters. The second-order valence-electron chi connectivity index (χ2n) is 6.08. The molecule has 2 heterocycles. The third kappa shape index (κ3) is 2.06. The average Bonchev–Trinajstić information content (AvgIpc) is 2.68. The predicted octanol–water partition coefficient (Wildman–Crippen LogP) is 4.67. The molecule has 0 N–H and O–H groups in total. The molecule has 3 heteroatoms. The fourth-order valence-electron chi connectivity index (χ4n) is 3.42. The number of benzene rings is 3. The molecular formula is C22H14N2O. The van der Waals surface area contributed by atoms with E-state index in [4.69, 9.17) is 4.98 Å². The minimum Gasteiger partial charge on any atom is -0.268 e. The van der Waals surface area contributed by atoms with Gasteiger partial charge in [-0.1, -0.05) is 66.7 Å². The van der Waals surface area contributed by atoms with E-state index in [1.54, 1.807) is 4.40 Å². The first kappa shape index (κ1) is 13.9. The predicted molar refractivity (Wildman–Crippen MR) is 102 cm³/mol. The summed E-state index contributed by atoms with van der Waals surface area (Å²) in [7, 11) is 0. The molecule has 0 saturated carbocycles. The summed E-state index contributed by atoms with van der Waals surface area (Å²) < 4.78 is 1.67. The molecule has 0 fully saturated rings. The lowest BCUT2D eigenvalue weighted by Gasteiger charge is -2.12. The Morgan fingerprint density at radius 2 is 1.32 bits per heavy atom. The van der Waals surface area contributed by atoms with Crippen molar-refractivity contribution in [1.29, 1.82) is 0 Å². The van der Waals surface area contributed by atoms with E-state index in [0.717, 1.165) is 27.4 Å². The molecule has 5 rings (SSSR count). The summed E-state index contributed by atoms with van der Waals surface area (Å²) in [6, 6.07) is 25.7. The summed E-state index contributed by atoms with van der Waals surface area (Å²) >= 11 is 0. The highest BCUT2D eigenvalue weighted by Gasteiger charge is 2.12. The second kappa shape index (κ2) is 5.28. The zero-order valence-corrected chi connectivity index (χ0v) is 13.4. The van der Waals surface area contributed by atoms with E-state index >= 15 is 0 Å². The first-order chi connectivity index (χ1) is 12.3. The highest BCUT2D eigenvalue weighted by molar-refractivity contribution is 6.04. The number of rotatable bonds is 1. The Kier molecular flexibility index (Phi) is 2.94. The molecule has 0 aliphatic carbocycles. The first-order valence-electron chi connectivity index (χ1n) is 8.21. The van der Waals surface area contributed by atoms with E-state index in [9.17, 15) is 4.79 Å². The Hall–Kier alpha value is -3.46. The molecule has 118 valence electrons. The zero-order chi connectivity index (χ0) is 16.8. The van der Waals surface area contributed by atoms with Crippen molar-refractivity contribution in [2.24, 2.45) is 0 Å². The summed E-state index contributed by atoms with van der Waals surface area (Å²) in [5.41, 5.74) is 3.50. The Morgan fingerprint density at radius 3 is 2.12 bits per heavy atom. The zero-order valence-electron chi connectivity index (χ0n) is 13.4. The fraction of sp³-hybridized carbons (Fsp3) is 0. The smallest absolute Gasteiger partial charge is 0.265 e. The Bertz CT molecular complexity index is 1300. The monoisotopic (exact) mass is 322 g/mol. The number of hydrogen-bond donors (Lipinski definition) is 0. The van der Waals surface area contributed by atoms with Gasteiger partial charge in [-0.05, 0) is 23.1 Å². The maximum atomic E-state index is 13.0. The highest BCUT2D eigenvalue weighted by Crippen LogP contribution is 2.30. The van der Waals surface area contributed by atoms with Crippen LogP contribution in [-0.2, 0) is 0 Å². The number of aromatic nitrogens is 2. The molecule has 0 bridgehead atoms. The topological polar surface area (TPSA) is 34.4 Å². The summed E-state index contributed by atoms with van der Waals surface area (Å²) in [6.07, 6.45) is 1.91. The van der Waals surface area contributed by atoms with Crippen LogP contribution in [0.25, 0.3) is 38.4 Å². The maximum Gasteiger partial charge on any atom is 0.265 e. The normalized spacial score (nSPS) is 11.4. The van der Waals surface area contributed by atoms with Gasteiger partial charge in [-0.25, -0.2) is 4.98 Å². The van der Waals surface area contributed by atoms with Crippen molar-refractivity contribution in [2.75, 3.05) is 0 Å². The number of hydrogen-bond acceptors (Lipinski definition) is 2. The van der Waals surface area contributed by atoms with E-state index in [2.05, 4.69) is 18.2 Å². The Morgan fingerprint density at radius 1 is 0.680 bits per heavy atom. The van der Waals surface area contributed by atoms with Crippen LogP contribution < -0.4 is 5.56 Å². The van der Waals surface area contributed by atoms with Gasteiger partial charge in [0.1, 0.15) is 5.65 Å². The lowest BCUT2D eigenvalue weighted by molar-refractivity contribution is 1.09. The van der Waals surface area contributed by atoms with Gasteiger partial charge in [0, 0.05) is 17.1 Å². The van der Waals surface area contributed by atoms with E-state index in [1.165, 1.54) is 0 Å². The molecule has 0 radical (unpaired) electrons. The minimum absolute atomic E-state index is 0.0384. The second-order valence-corrected chi connectivity index (χ2v) is 6.08. The van der Waals surface area contributed by atoms with Crippen molar-refractivity contribution in [3.8, 4) is 11.1 Å². The van der Waals surface area contributed by atoms with Crippen LogP contribution in [-0.4, -0.2) is 9.38 Å². The third-order valence-electron chi connectivity index (χ3n) is 4.61. The number of fused-ring (bicyclic) bond motifs is 4. The lowest BCUT2D eigenvalue weighted by atomic mass is 10.0. The van der Waals surface area contributed by atoms with Gasteiger partial charge < -0.3 is 0 Å². The molecule has 0 aliphatic heterocycles. The Labute approximate surface area is 143 Å². The van der Waals surface area contributed by atoms with Crippen LogP contribution in [0.5, 0.6) is 0 Å². The maximum absolute atomic E-state index is 13.0. The SMILES string of the molecule is O=c1c2ccccc2nc2c3ccccc3c(-c3ccccc3)cn12. The van der Waals surface area contributed by atoms with Crippen molar-refractivity contribution >= 4 is 27.3 Å². The van der Waals surface area contributed by atoms with Gasteiger partial charge in [-0.15, -0.1) is 0 Å². The highest BCUT2D eigenvalue weighted by atomic mass is 16.1. The molecule has 3 aromatic carbocycles. The molecule has 0 spiro atoms. The van der Waals surface area contributed by atoms with Gasteiger partial charge in [0.25, 0.3) is 5.56 Å². The molecule has 3 nitrogen and oxygen atoms in total. The summed E-state index contributed by atoms with van der Waals surface area (Å²) in [5, 5.41) is 2.71. The van der Waals surface area contributed by atoms with Gasteiger partial charge in [0.05, 0.1) is 10.9 Å². The van der Waals surface area contributed by atoms with Gasteiger partial charge in [-0.2, -0.15) is 0 Å². The van der Waals surface area contributed by atoms with Gasteiger partial charge in [0.2, 0.25) is 0 Å². The van der Waals surface area contributed by atoms with Gasteiger partial charge >= 0.3 is 0 Å². The molecular weight excluding hydrogens is 308 g/mol. The van der Waals surface area contributed by atoms with Crippen LogP contribution in [0.3, 0.4) is 0 Å². The van der Waals surface area contributed by atoms with Crippen molar-refractivity contribution < 1.29 is 0 Å². The van der Waals surface area contributed by atoms with E-state index in [0.29, 0.717) is 11.0 Å². The molecule has 0 amide bonds. The minimum atomic E-state index is -0.0384. The molecule has 0 saturated heterocycles. The van der Waals surface area contributed by atoms with Gasteiger partial charge in [0.15, 0.2) is 0 Å². The van der Waals surface area contributed by atoms with Crippen molar-refractivity contribution in [2.45, 2.75) is 0 Å². The van der Waals surface area contributed by atoms with Gasteiger partial charge in [-0.3, -0.25) is 9.20 Å². The van der Waals surface area contributed by atoms with E-state index in [-0.39, 0.29) is 5.56 Å². The molecule has 25 heavy (non-hydrogen) atoms. The van der Waals surface area contributed by atoms with Crippen LogP contribution >= 0.6 is 0 Å². The third-order valence-corrected chi connectivity index (χ3v) is 4.61. The van der Waals surface area contributed by atoms with Crippen molar-refractivity contribution in [3.05, 3.63) is 95.4 Å². The van der Waals surface area contributed by atoms with E-state index < -0.39 is 0 Å². The number of nitrogens with zero attached hydrogens (tertiary/aromatic N) is 2. The van der Waals surface area contributed by atoms with Crippen molar-refractivity contribution in [1.82, 2.24) is 9.38 Å². The lowest BCUT2D eigenvalue weighted by Crippen LogP contribution is -2.15. The summed E-state index contributed by atoms with van der Waals surface area (Å²) in [4.78, 5) is 17.8. The quantitative estimate of drug-likeness (QED) is 0.332. The fourth-order valence-corrected chi connectivity index (χ4v) is 3.42. The van der Waals surface area contributed by atoms with Crippen molar-refractivity contribution in [3.63, 3.8) is 0 Å².